The van der Waals surface area contributed by atoms with Gasteiger partial charge in [-0.1, -0.05) is 50.5 Å². The summed E-state index contributed by atoms with van der Waals surface area (Å²) in [6.07, 6.45) is 18.7. The molecule has 0 aromatic carbocycles. The van der Waals surface area contributed by atoms with Crippen LogP contribution in [0.4, 0.5) is 0 Å². The SMILES string of the molecule is CCCCC[C@@H](/C=C/[C@@H]1[C@H](C/C=C\CCCC(=[18O])[18O]C)[C@@H](O[Si](C)(C)C)C[C@H]1O[Si](C)(C)C)O[Si](C)(C)C. The Kier molecular flexibility index (Phi) is 15.6. The van der Waals surface area contributed by atoms with Gasteiger partial charge in [-0.15, -0.1) is 0 Å². The van der Waals surface area contributed by atoms with Gasteiger partial charge in [-0.3, -0.25) is 4.79 Å². The van der Waals surface area contributed by atoms with Crippen molar-refractivity contribution in [2.45, 2.75) is 142 Å². The smallest absolute Gasteiger partial charge is 0.305 e. The van der Waals surface area contributed by atoms with Crippen LogP contribution in [0.15, 0.2) is 24.3 Å². The number of hydrogen-bond acceptors (Lipinski definition) is 5. The number of unbranched alkanes of at least 4 members (excludes halogenated alkanes) is 3. The molecule has 1 fully saturated rings. The molecule has 0 N–H and O–H groups in total. The Bertz CT molecular complexity index is 734. The lowest BCUT2D eigenvalue weighted by molar-refractivity contribution is -0.140. The number of allylic oxidation sites excluding steroid dienone is 2. The summed E-state index contributed by atoms with van der Waals surface area (Å²) in [5, 5.41) is 0. The number of esters is 1. The number of methoxy groups -OCH3 is 1. The number of carbonyl (C=O) groups excluding carboxylic acids is 1. The molecule has 0 aliphatic heterocycles. The molecule has 0 spiro atoms. The van der Waals surface area contributed by atoms with E-state index in [2.05, 4.69) is 90.2 Å². The van der Waals surface area contributed by atoms with Gasteiger partial charge in [0.1, 0.15) is 0 Å². The molecule has 0 saturated heterocycles. The maximum atomic E-state index is 11.4. The molecular weight excluding hydrogens is 529 g/mol. The van der Waals surface area contributed by atoms with Gasteiger partial charge in [-0.25, -0.2) is 0 Å². The van der Waals surface area contributed by atoms with E-state index in [-0.39, 0.29) is 24.3 Å². The molecule has 5 nitrogen and oxygen atoms in total. The van der Waals surface area contributed by atoms with E-state index in [1.807, 2.05) is 0 Å². The fraction of sp³-hybridized carbons (Fsp3) is 0.833. The van der Waals surface area contributed by atoms with Gasteiger partial charge in [0.15, 0.2) is 25.0 Å². The van der Waals surface area contributed by atoms with Crippen LogP contribution in [0.1, 0.15) is 64.7 Å². The molecule has 8 heteroatoms. The molecule has 1 aliphatic rings. The predicted molar refractivity (Wildman–Crippen MR) is 169 cm³/mol. The van der Waals surface area contributed by atoms with Crippen LogP contribution < -0.4 is 0 Å². The minimum absolute atomic E-state index is 0.136. The first-order valence-corrected chi connectivity index (χ1v) is 25.2. The highest BCUT2D eigenvalue weighted by atomic mass is 28.4. The highest BCUT2D eigenvalue weighted by molar-refractivity contribution is 6.70. The summed E-state index contributed by atoms with van der Waals surface area (Å²) in [6.45, 7) is 22.8. The molecule has 1 rings (SSSR count). The molecule has 0 aromatic rings. The number of rotatable bonds is 18. The van der Waals surface area contributed by atoms with E-state index in [0.717, 1.165) is 32.1 Å². The van der Waals surface area contributed by atoms with Crippen molar-refractivity contribution in [3.05, 3.63) is 24.3 Å². The third-order valence-corrected chi connectivity index (χ3v) is 9.60. The quantitative estimate of drug-likeness (QED) is 0.0527. The predicted octanol–water partition coefficient (Wildman–Crippen LogP) is 8.71. The van der Waals surface area contributed by atoms with Gasteiger partial charge < -0.3 is 18.0 Å². The second-order valence-electron chi connectivity index (χ2n) is 13.8. The average Bonchev–Trinajstić information content (AvgIpc) is 3.05. The number of carbonyl (C=O) groups is 1. The Morgan fingerprint density at radius 3 is 2.08 bits per heavy atom. The van der Waals surface area contributed by atoms with Gasteiger partial charge in [0.05, 0.1) is 25.4 Å². The van der Waals surface area contributed by atoms with Gasteiger partial charge in [-0.2, -0.15) is 0 Å². The molecular formula is C30H60O5Si3. The summed E-state index contributed by atoms with van der Waals surface area (Å²) in [7, 11) is -3.66. The van der Waals surface area contributed by atoms with E-state index in [9.17, 15) is 4.79 Å². The molecule has 0 unspecified atom stereocenters. The second kappa shape index (κ2) is 16.7. The number of hydrogen-bond donors (Lipinski definition) is 0. The summed E-state index contributed by atoms with van der Waals surface area (Å²) in [5.74, 6) is 0.546. The Morgan fingerprint density at radius 2 is 1.53 bits per heavy atom. The van der Waals surface area contributed by atoms with Crippen molar-refractivity contribution >= 4 is 30.9 Å². The summed E-state index contributed by atoms with van der Waals surface area (Å²) >= 11 is 0. The monoisotopic (exact) mass is 588 g/mol. The third-order valence-electron chi connectivity index (χ3n) is 6.58. The van der Waals surface area contributed by atoms with E-state index in [4.69, 9.17) is 18.0 Å². The molecule has 0 radical (unpaired) electrons. The summed E-state index contributed by atoms with van der Waals surface area (Å²) in [6, 6.07) is 0. The first kappa shape index (κ1) is 35.5. The van der Waals surface area contributed by atoms with Crippen molar-refractivity contribution in [1.82, 2.24) is 0 Å². The molecule has 5 atom stereocenters. The van der Waals surface area contributed by atoms with E-state index in [1.165, 1.54) is 26.4 Å². The van der Waals surface area contributed by atoms with Gasteiger partial charge in [-0.05, 0) is 96.9 Å². The van der Waals surface area contributed by atoms with Gasteiger partial charge in [0.25, 0.3) is 0 Å². The fourth-order valence-corrected chi connectivity index (χ4v) is 8.61. The number of ether oxygens (including phenoxy) is 1. The Morgan fingerprint density at radius 1 is 0.895 bits per heavy atom. The average molecular weight is 589 g/mol. The Balaban J connectivity index is 3.18. The zero-order valence-corrected chi connectivity index (χ0v) is 29.6. The topological polar surface area (TPSA) is 54.0 Å². The van der Waals surface area contributed by atoms with Crippen LogP contribution >= 0.6 is 0 Å². The standard InChI is InChI=1S/C30H60O5Si3/c1-12-13-16-19-25(33-36(3,4)5)22-23-27-26(20-17-14-15-18-21-30(31)32-2)28(34-37(6,7)8)24-29(27)35-38(9,10)11/h14,17,22-23,25-29H,12-13,15-16,18-21,24H2,1-11H3/b17-14-,23-22+/t25-,26-,27+,28-,29+/m0/s1/i31+2,32+2. The molecule has 1 aliphatic carbocycles. The van der Waals surface area contributed by atoms with E-state index in [0.29, 0.717) is 18.3 Å². The molecule has 1 saturated carbocycles. The lowest BCUT2D eigenvalue weighted by atomic mass is 9.89. The van der Waals surface area contributed by atoms with Crippen molar-refractivity contribution < 1.29 is 22.8 Å². The van der Waals surface area contributed by atoms with Crippen LogP contribution in [0.2, 0.25) is 58.9 Å². The van der Waals surface area contributed by atoms with Crippen molar-refractivity contribution in [2.75, 3.05) is 7.11 Å². The molecule has 222 valence electrons. The summed E-state index contributed by atoms with van der Waals surface area (Å²) < 4.78 is 25.0. The maximum absolute atomic E-state index is 11.4. The summed E-state index contributed by atoms with van der Waals surface area (Å²) in [4.78, 5) is 11.4. The second-order valence-corrected chi connectivity index (χ2v) is 27.2. The van der Waals surface area contributed by atoms with Crippen LogP contribution in [0.5, 0.6) is 0 Å². The van der Waals surface area contributed by atoms with Gasteiger partial charge >= 0.3 is 5.97 Å². The Hall–Kier alpha value is -0.519. The van der Waals surface area contributed by atoms with Crippen molar-refractivity contribution in [1.29, 1.82) is 0 Å². The van der Waals surface area contributed by atoms with E-state index >= 15 is 0 Å². The zero-order chi connectivity index (χ0) is 29.0. The van der Waals surface area contributed by atoms with Crippen molar-refractivity contribution in [3.63, 3.8) is 0 Å². The zero-order valence-electron chi connectivity index (χ0n) is 26.6. The van der Waals surface area contributed by atoms with Crippen LogP contribution in [-0.2, 0) is 22.8 Å². The first-order chi connectivity index (χ1) is 17.5. The molecule has 0 heterocycles. The molecule has 0 amide bonds. The highest BCUT2D eigenvalue weighted by Gasteiger charge is 2.45. The minimum Gasteiger partial charge on any atom is -0.469 e. The van der Waals surface area contributed by atoms with Crippen LogP contribution in [0, 0.1) is 11.8 Å². The first-order valence-electron chi connectivity index (χ1n) is 15.0. The maximum Gasteiger partial charge on any atom is 0.305 e. The van der Waals surface area contributed by atoms with Crippen LogP contribution in [-0.4, -0.2) is 56.3 Å². The van der Waals surface area contributed by atoms with Crippen LogP contribution in [0.25, 0.3) is 0 Å². The largest absolute Gasteiger partial charge is 0.469 e. The van der Waals surface area contributed by atoms with Gasteiger partial charge in [0, 0.05) is 12.3 Å². The lowest BCUT2D eigenvalue weighted by Crippen LogP contribution is -2.35. The normalized spacial score (nSPS) is 24.0. The molecule has 0 aromatic heterocycles. The van der Waals surface area contributed by atoms with E-state index < -0.39 is 25.0 Å². The van der Waals surface area contributed by atoms with E-state index in [1.54, 1.807) is 0 Å². The molecule has 0 bridgehead atoms. The van der Waals surface area contributed by atoms with Gasteiger partial charge in [0.2, 0.25) is 0 Å². The highest BCUT2D eigenvalue weighted by Crippen LogP contribution is 2.42. The lowest BCUT2D eigenvalue weighted by Gasteiger charge is -2.30. The Labute approximate surface area is 238 Å². The minimum atomic E-state index is -1.73. The fourth-order valence-electron chi connectivity index (χ4n) is 5.16. The third kappa shape index (κ3) is 15.9. The van der Waals surface area contributed by atoms with Crippen molar-refractivity contribution in [3.8, 4) is 0 Å². The van der Waals surface area contributed by atoms with Crippen LogP contribution in [0.3, 0.4) is 0 Å². The molecule has 38 heavy (non-hydrogen) atoms. The summed E-state index contributed by atoms with van der Waals surface area (Å²) in [5.41, 5.74) is 0. The van der Waals surface area contributed by atoms with Crippen molar-refractivity contribution in [2.24, 2.45) is 11.8 Å².